The Morgan fingerprint density at radius 3 is 2.84 bits per heavy atom. The van der Waals surface area contributed by atoms with E-state index in [4.69, 9.17) is 5.11 Å². The second kappa shape index (κ2) is 5.61. The second-order valence-electron chi connectivity index (χ2n) is 4.25. The van der Waals surface area contributed by atoms with Crippen LogP contribution in [0.2, 0.25) is 0 Å². The number of halogens is 1. The van der Waals surface area contributed by atoms with Gasteiger partial charge in [-0.2, -0.15) is 0 Å². The fourth-order valence-corrected chi connectivity index (χ4v) is 3.53. The average molecular weight is 283 g/mol. The monoisotopic (exact) mass is 283 g/mol. The maximum Gasteiger partial charge on any atom is 0.327 e. The lowest BCUT2D eigenvalue weighted by atomic mass is 10.1. The smallest absolute Gasteiger partial charge is 0.327 e. The van der Waals surface area contributed by atoms with Crippen LogP contribution >= 0.6 is 11.8 Å². The molecular weight excluding hydrogens is 269 g/mol. The lowest BCUT2D eigenvalue weighted by Gasteiger charge is -2.27. The number of aliphatic carboxylic acids is 1. The Labute approximate surface area is 114 Å². The maximum atomic E-state index is 13.3. The molecule has 0 aliphatic carbocycles. The van der Waals surface area contributed by atoms with Crippen molar-refractivity contribution in [2.24, 2.45) is 0 Å². The quantitative estimate of drug-likeness (QED) is 0.924. The third-order valence-corrected chi connectivity index (χ3v) is 4.33. The zero-order chi connectivity index (χ0) is 14.0. The fraction of sp³-hybridized carbons (Fsp3) is 0.385. The number of hydrogen-bond acceptors (Lipinski definition) is 3. The Hall–Kier alpha value is -1.56. The molecule has 102 valence electrons. The van der Waals surface area contributed by atoms with Gasteiger partial charge in [0.05, 0.1) is 0 Å². The molecule has 1 saturated heterocycles. The molecule has 0 saturated carbocycles. The summed E-state index contributed by atoms with van der Waals surface area (Å²) in [4.78, 5) is 24.5. The van der Waals surface area contributed by atoms with Crippen molar-refractivity contribution in [1.29, 1.82) is 0 Å². The Morgan fingerprint density at radius 1 is 1.53 bits per heavy atom. The van der Waals surface area contributed by atoms with Crippen LogP contribution in [0, 0.1) is 5.82 Å². The van der Waals surface area contributed by atoms with Crippen LogP contribution in [-0.2, 0) is 9.59 Å². The highest BCUT2D eigenvalue weighted by Crippen LogP contribution is 2.41. The number of nitrogens with zero attached hydrogens (tertiary/aromatic N) is 1. The van der Waals surface area contributed by atoms with Crippen molar-refractivity contribution in [1.82, 2.24) is 4.90 Å². The molecule has 1 heterocycles. The number of carboxylic acid groups (broad SMARTS) is 1. The lowest BCUT2D eigenvalue weighted by Crippen LogP contribution is -2.42. The summed E-state index contributed by atoms with van der Waals surface area (Å²) in [6.07, 6.45) is 0.232. The predicted molar refractivity (Wildman–Crippen MR) is 70.2 cm³/mol. The third-order valence-electron chi connectivity index (χ3n) is 3.01. The van der Waals surface area contributed by atoms with Crippen molar-refractivity contribution in [3.05, 3.63) is 35.6 Å². The number of thioether (sulfide) groups is 1. The Kier molecular flexibility index (Phi) is 4.09. The van der Waals surface area contributed by atoms with Gasteiger partial charge in [-0.15, -0.1) is 11.8 Å². The molecular formula is C13H14FNO3S. The van der Waals surface area contributed by atoms with Crippen LogP contribution < -0.4 is 0 Å². The molecule has 19 heavy (non-hydrogen) atoms. The Balaban J connectivity index is 2.34. The second-order valence-corrected chi connectivity index (χ2v) is 5.36. The van der Waals surface area contributed by atoms with Gasteiger partial charge in [-0.3, -0.25) is 4.79 Å². The summed E-state index contributed by atoms with van der Waals surface area (Å²) in [6, 6.07) is 5.10. The number of rotatable bonds is 3. The first-order valence-corrected chi connectivity index (χ1v) is 7.00. The van der Waals surface area contributed by atoms with Crippen molar-refractivity contribution in [3.63, 3.8) is 0 Å². The minimum atomic E-state index is -1.02. The van der Waals surface area contributed by atoms with E-state index >= 15 is 0 Å². The van der Waals surface area contributed by atoms with Crippen molar-refractivity contribution in [2.45, 2.75) is 24.8 Å². The number of amides is 1. The van der Waals surface area contributed by atoms with Crippen LogP contribution in [-0.4, -0.2) is 33.7 Å². The van der Waals surface area contributed by atoms with Crippen LogP contribution in [0.5, 0.6) is 0 Å². The van der Waals surface area contributed by atoms with E-state index in [1.54, 1.807) is 19.1 Å². The summed E-state index contributed by atoms with van der Waals surface area (Å²) in [6.45, 7) is 1.69. The minimum Gasteiger partial charge on any atom is -0.480 e. The van der Waals surface area contributed by atoms with Gasteiger partial charge in [0.25, 0.3) is 0 Å². The maximum absolute atomic E-state index is 13.3. The van der Waals surface area contributed by atoms with Crippen molar-refractivity contribution in [3.8, 4) is 0 Å². The van der Waals surface area contributed by atoms with E-state index in [1.807, 2.05) is 0 Å². The minimum absolute atomic E-state index is 0.230. The molecule has 1 aliphatic heterocycles. The van der Waals surface area contributed by atoms with Crippen molar-refractivity contribution in [2.75, 3.05) is 5.75 Å². The van der Waals surface area contributed by atoms with Crippen LogP contribution in [0.4, 0.5) is 4.39 Å². The molecule has 2 rings (SSSR count). The third kappa shape index (κ3) is 2.73. The molecule has 1 fully saturated rings. The normalized spacial score (nSPS) is 22.5. The van der Waals surface area contributed by atoms with Gasteiger partial charge in [-0.05, 0) is 17.7 Å². The molecule has 4 nitrogen and oxygen atoms in total. The SMILES string of the molecule is CCC(=O)N1[C@@H](C(=O)O)CS[C@@H]1c1cccc(F)c1. The summed E-state index contributed by atoms with van der Waals surface area (Å²) in [5.74, 6) is -1.32. The molecule has 1 aromatic rings. The van der Waals surface area contributed by atoms with Crippen LogP contribution in [0.25, 0.3) is 0 Å². The number of carbonyl (C=O) groups excluding carboxylic acids is 1. The van der Waals surface area contributed by atoms with Gasteiger partial charge < -0.3 is 10.0 Å². The van der Waals surface area contributed by atoms with E-state index in [0.717, 1.165) is 0 Å². The summed E-state index contributed by atoms with van der Waals surface area (Å²) >= 11 is 1.35. The largest absolute Gasteiger partial charge is 0.480 e. The van der Waals surface area contributed by atoms with Gasteiger partial charge in [0.15, 0.2) is 0 Å². The number of benzene rings is 1. The van der Waals surface area contributed by atoms with Gasteiger partial charge in [0.2, 0.25) is 5.91 Å². The summed E-state index contributed by atoms with van der Waals surface area (Å²) < 4.78 is 13.3. The first-order chi connectivity index (χ1) is 9.04. The molecule has 1 aromatic carbocycles. The average Bonchev–Trinajstić information content (AvgIpc) is 2.82. The highest BCUT2D eigenvalue weighted by molar-refractivity contribution is 7.99. The Morgan fingerprint density at radius 2 is 2.26 bits per heavy atom. The van der Waals surface area contributed by atoms with E-state index in [0.29, 0.717) is 11.3 Å². The van der Waals surface area contributed by atoms with Crippen LogP contribution in [0.15, 0.2) is 24.3 Å². The highest BCUT2D eigenvalue weighted by Gasteiger charge is 2.41. The summed E-state index contributed by atoms with van der Waals surface area (Å²) in [5.41, 5.74) is 0.621. The van der Waals surface area contributed by atoms with Gasteiger partial charge in [0, 0.05) is 12.2 Å². The lowest BCUT2D eigenvalue weighted by molar-refractivity contribution is -0.149. The molecule has 6 heteroatoms. The number of carboxylic acids is 1. The molecule has 0 bridgehead atoms. The van der Waals surface area contributed by atoms with Crippen LogP contribution in [0.3, 0.4) is 0 Å². The molecule has 0 radical (unpaired) electrons. The fourth-order valence-electron chi connectivity index (χ4n) is 2.10. The molecule has 0 unspecified atom stereocenters. The summed E-state index contributed by atoms with van der Waals surface area (Å²) in [7, 11) is 0. The molecule has 1 N–H and O–H groups in total. The van der Waals surface area contributed by atoms with Gasteiger partial charge in [0.1, 0.15) is 17.2 Å². The molecule has 0 spiro atoms. The molecule has 0 aromatic heterocycles. The first-order valence-electron chi connectivity index (χ1n) is 5.95. The van der Waals surface area contributed by atoms with E-state index in [2.05, 4.69) is 0 Å². The first kappa shape index (κ1) is 13.9. The number of carbonyl (C=O) groups is 2. The van der Waals surface area contributed by atoms with Gasteiger partial charge in [-0.25, -0.2) is 9.18 Å². The van der Waals surface area contributed by atoms with Gasteiger partial charge in [-0.1, -0.05) is 19.1 Å². The zero-order valence-corrected chi connectivity index (χ0v) is 11.2. The zero-order valence-electron chi connectivity index (χ0n) is 10.4. The van der Waals surface area contributed by atoms with Gasteiger partial charge >= 0.3 is 5.97 Å². The predicted octanol–water partition coefficient (Wildman–Crippen LogP) is 2.26. The molecule has 1 amide bonds. The van der Waals surface area contributed by atoms with Crippen molar-refractivity contribution >= 4 is 23.6 Å². The van der Waals surface area contributed by atoms with Crippen LogP contribution in [0.1, 0.15) is 24.3 Å². The highest BCUT2D eigenvalue weighted by atomic mass is 32.2. The van der Waals surface area contributed by atoms with E-state index in [-0.39, 0.29) is 18.1 Å². The Bertz CT molecular complexity index is 508. The number of hydrogen-bond donors (Lipinski definition) is 1. The van der Waals surface area contributed by atoms with E-state index < -0.39 is 17.4 Å². The summed E-state index contributed by atoms with van der Waals surface area (Å²) in [5, 5.41) is 8.74. The van der Waals surface area contributed by atoms with Crippen molar-refractivity contribution < 1.29 is 19.1 Å². The van der Waals surface area contributed by atoms with E-state index in [1.165, 1.54) is 28.8 Å². The molecule has 2 atom stereocenters. The topological polar surface area (TPSA) is 57.6 Å². The van der Waals surface area contributed by atoms with E-state index in [9.17, 15) is 14.0 Å². The standard InChI is InChI=1S/C13H14FNO3S/c1-2-11(16)15-10(13(17)18)7-19-12(15)8-4-3-5-9(14)6-8/h3-6,10,12H,2,7H2,1H3,(H,17,18)/t10-,12-/m1/s1. The molecule has 1 aliphatic rings.